The zero-order valence-corrected chi connectivity index (χ0v) is 12.5. The van der Waals surface area contributed by atoms with Gasteiger partial charge in [0, 0.05) is 36.8 Å². The molecule has 0 radical (unpaired) electrons. The van der Waals surface area contributed by atoms with Gasteiger partial charge in [0.2, 0.25) is 0 Å². The molecule has 0 aliphatic carbocycles. The van der Waals surface area contributed by atoms with Crippen molar-refractivity contribution in [2.24, 2.45) is 5.41 Å². The van der Waals surface area contributed by atoms with E-state index in [-0.39, 0.29) is 11.6 Å². The fourth-order valence-corrected chi connectivity index (χ4v) is 1.77. The second kappa shape index (κ2) is 5.55. The number of hydrogen-bond acceptors (Lipinski definition) is 2. The summed E-state index contributed by atoms with van der Waals surface area (Å²) in [7, 11) is 3.65. The molecule has 0 aliphatic heterocycles. The maximum absolute atomic E-state index is 14.2. The van der Waals surface area contributed by atoms with Crippen LogP contribution in [0.25, 0.3) is 5.57 Å². The van der Waals surface area contributed by atoms with Crippen molar-refractivity contribution >= 4 is 11.4 Å². The summed E-state index contributed by atoms with van der Waals surface area (Å²) in [4.78, 5) is 14.3. The molecule has 0 aromatic heterocycles. The van der Waals surface area contributed by atoms with Crippen molar-refractivity contribution in [3.63, 3.8) is 0 Å². The van der Waals surface area contributed by atoms with Crippen LogP contribution in [-0.4, -0.2) is 24.8 Å². The van der Waals surface area contributed by atoms with E-state index in [1.54, 1.807) is 36.2 Å². The van der Waals surface area contributed by atoms with E-state index >= 15 is 0 Å². The molecule has 0 unspecified atom stereocenters. The predicted molar refractivity (Wildman–Crippen MR) is 77.3 cm³/mol. The van der Waals surface area contributed by atoms with Gasteiger partial charge in [-0.3, -0.25) is 4.79 Å². The van der Waals surface area contributed by atoms with E-state index in [1.165, 1.54) is 0 Å². The van der Waals surface area contributed by atoms with Crippen LogP contribution in [0.5, 0.6) is 0 Å². The number of ketones is 1. The number of carbonyl (C=O) groups excluding carboxylic acids is 1. The van der Waals surface area contributed by atoms with Gasteiger partial charge in [0.25, 0.3) is 0 Å². The molecule has 0 heterocycles. The van der Waals surface area contributed by atoms with Crippen molar-refractivity contribution in [2.75, 3.05) is 14.1 Å². The van der Waals surface area contributed by atoms with Gasteiger partial charge in [0.05, 0.1) is 0 Å². The third-order valence-electron chi connectivity index (χ3n) is 2.80. The van der Waals surface area contributed by atoms with Crippen LogP contribution in [0.3, 0.4) is 0 Å². The van der Waals surface area contributed by atoms with Crippen molar-refractivity contribution in [2.45, 2.75) is 27.7 Å². The van der Waals surface area contributed by atoms with Crippen molar-refractivity contribution in [3.8, 4) is 0 Å². The molecule has 0 amide bonds. The van der Waals surface area contributed by atoms with Crippen molar-refractivity contribution in [1.29, 1.82) is 0 Å². The molecule has 2 nitrogen and oxygen atoms in total. The summed E-state index contributed by atoms with van der Waals surface area (Å²) >= 11 is 0. The SMILES string of the molecule is Cc1cccc(/C(=C\N(C)C)C(=O)C(C)(C)C)c1F. The largest absolute Gasteiger partial charge is 0.383 e. The van der Waals surface area contributed by atoms with Gasteiger partial charge in [0.15, 0.2) is 5.78 Å². The van der Waals surface area contributed by atoms with Crippen LogP contribution in [0.2, 0.25) is 0 Å². The first-order valence-electron chi connectivity index (χ1n) is 6.33. The minimum atomic E-state index is -0.544. The molecule has 1 aromatic carbocycles. The summed E-state index contributed by atoms with van der Waals surface area (Å²) in [5, 5.41) is 0. The molecule has 0 saturated carbocycles. The number of benzene rings is 1. The fraction of sp³-hybridized carbons (Fsp3) is 0.438. The van der Waals surface area contributed by atoms with E-state index in [0.29, 0.717) is 16.7 Å². The summed E-state index contributed by atoms with van der Waals surface area (Å²) in [6.45, 7) is 7.22. The Hall–Kier alpha value is -1.64. The molecule has 0 N–H and O–H groups in total. The number of allylic oxidation sites excluding steroid dienone is 1. The lowest BCUT2D eigenvalue weighted by molar-refractivity contribution is -0.120. The third-order valence-corrected chi connectivity index (χ3v) is 2.80. The predicted octanol–water partition coefficient (Wildman–Crippen LogP) is 3.65. The molecule has 0 aliphatic rings. The van der Waals surface area contributed by atoms with Gasteiger partial charge >= 0.3 is 0 Å². The Balaban J connectivity index is 3.43. The average molecular weight is 263 g/mol. The molecule has 104 valence electrons. The summed E-state index contributed by atoms with van der Waals surface area (Å²) < 4.78 is 14.2. The molecule has 1 aromatic rings. The molecular formula is C16H22FNO. The van der Waals surface area contributed by atoms with E-state index in [1.807, 2.05) is 34.9 Å². The van der Waals surface area contributed by atoms with Crippen LogP contribution in [0, 0.1) is 18.2 Å². The Labute approximate surface area is 114 Å². The summed E-state index contributed by atoms with van der Waals surface area (Å²) in [5.74, 6) is -0.390. The average Bonchev–Trinajstić information content (AvgIpc) is 2.27. The maximum Gasteiger partial charge on any atom is 0.170 e. The lowest BCUT2D eigenvalue weighted by Gasteiger charge is -2.21. The van der Waals surface area contributed by atoms with E-state index in [0.717, 1.165) is 0 Å². The second-order valence-corrected chi connectivity index (χ2v) is 6.02. The standard InChI is InChI=1S/C16H22FNO/c1-11-8-7-9-12(14(11)17)13(10-18(5)6)15(19)16(2,3)4/h7-10H,1-6H3/b13-10+. The van der Waals surface area contributed by atoms with Gasteiger partial charge in [-0.15, -0.1) is 0 Å². The lowest BCUT2D eigenvalue weighted by Crippen LogP contribution is -2.23. The monoisotopic (exact) mass is 263 g/mol. The Morgan fingerprint density at radius 1 is 1.26 bits per heavy atom. The Morgan fingerprint density at radius 2 is 1.84 bits per heavy atom. The molecule has 3 heteroatoms. The van der Waals surface area contributed by atoms with E-state index in [2.05, 4.69) is 0 Å². The minimum absolute atomic E-state index is 0.0642. The quantitative estimate of drug-likeness (QED) is 0.776. The van der Waals surface area contributed by atoms with Crippen molar-refractivity contribution < 1.29 is 9.18 Å². The lowest BCUT2D eigenvalue weighted by atomic mass is 9.83. The number of halogens is 1. The Kier molecular flexibility index (Phi) is 4.51. The number of nitrogens with zero attached hydrogens (tertiary/aromatic N) is 1. The summed E-state index contributed by atoms with van der Waals surface area (Å²) in [6, 6.07) is 5.13. The zero-order chi connectivity index (χ0) is 14.8. The maximum atomic E-state index is 14.2. The van der Waals surface area contributed by atoms with Crippen LogP contribution in [0.1, 0.15) is 31.9 Å². The van der Waals surface area contributed by atoms with Crippen LogP contribution in [0.4, 0.5) is 4.39 Å². The normalized spacial score (nSPS) is 12.5. The topological polar surface area (TPSA) is 20.3 Å². The number of hydrogen-bond donors (Lipinski definition) is 0. The molecule has 0 saturated heterocycles. The highest BCUT2D eigenvalue weighted by atomic mass is 19.1. The number of carbonyl (C=O) groups is 1. The van der Waals surface area contributed by atoms with Crippen LogP contribution in [0.15, 0.2) is 24.4 Å². The van der Waals surface area contributed by atoms with Crippen LogP contribution >= 0.6 is 0 Å². The fourth-order valence-electron chi connectivity index (χ4n) is 1.77. The van der Waals surface area contributed by atoms with Gasteiger partial charge in [-0.2, -0.15) is 0 Å². The van der Waals surface area contributed by atoms with E-state index in [9.17, 15) is 9.18 Å². The first-order valence-corrected chi connectivity index (χ1v) is 6.33. The molecule has 0 bridgehead atoms. The second-order valence-electron chi connectivity index (χ2n) is 6.02. The minimum Gasteiger partial charge on any atom is -0.383 e. The van der Waals surface area contributed by atoms with Crippen molar-refractivity contribution in [3.05, 3.63) is 41.3 Å². The molecule has 0 fully saturated rings. The van der Waals surface area contributed by atoms with Crippen LogP contribution in [-0.2, 0) is 4.79 Å². The molecule has 0 atom stereocenters. The van der Waals surface area contributed by atoms with Gasteiger partial charge < -0.3 is 4.90 Å². The van der Waals surface area contributed by atoms with E-state index in [4.69, 9.17) is 0 Å². The smallest absolute Gasteiger partial charge is 0.170 e. The Morgan fingerprint density at radius 3 is 2.32 bits per heavy atom. The number of rotatable bonds is 3. The number of aryl methyl sites for hydroxylation is 1. The highest BCUT2D eigenvalue weighted by Crippen LogP contribution is 2.29. The number of Topliss-reactive ketones (excluding diaryl/α,β-unsaturated/α-hetero) is 1. The first kappa shape index (κ1) is 15.4. The van der Waals surface area contributed by atoms with Gasteiger partial charge in [-0.1, -0.05) is 39.0 Å². The first-order chi connectivity index (χ1) is 8.64. The highest BCUT2D eigenvalue weighted by Gasteiger charge is 2.27. The van der Waals surface area contributed by atoms with Gasteiger partial charge in [-0.25, -0.2) is 4.39 Å². The highest BCUT2D eigenvalue weighted by molar-refractivity contribution is 6.22. The van der Waals surface area contributed by atoms with Crippen LogP contribution < -0.4 is 0 Å². The van der Waals surface area contributed by atoms with E-state index < -0.39 is 5.41 Å². The summed E-state index contributed by atoms with van der Waals surface area (Å²) in [5.41, 5.74) is 0.786. The van der Waals surface area contributed by atoms with Gasteiger partial charge in [0.1, 0.15) is 5.82 Å². The molecule has 0 spiro atoms. The molecular weight excluding hydrogens is 241 g/mol. The van der Waals surface area contributed by atoms with Gasteiger partial charge in [-0.05, 0) is 12.5 Å². The van der Waals surface area contributed by atoms with Crippen molar-refractivity contribution in [1.82, 2.24) is 4.90 Å². The molecule has 19 heavy (non-hydrogen) atoms. The Bertz CT molecular complexity index is 510. The molecule has 1 rings (SSSR count). The third kappa shape index (κ3) is 3.66. The summed E-state index contributed by atoms with van der Waals surface area (Å²) in [6.07, 6.45) is 1.69. The zero-order valence-electron chi connectivity index (χ0n) is 12.5.